The van der Waals surface area contributed by atoms with E-state index in [4.69, 9.17) is 4.42 Å². The molecule has 2 aromatic rings. The summed E-state index contributed by atoms with van der Waals surface area (Å²) in [7, 11) is 1.61. The Balaban J connectivity index is 1.87. The van der Waals surface area contributed by atoms with Gasteiger partial charge in [0.25, 0.3) is 0 Å². The molecule has 2 rings (SSSR count). The molecule has 1 aromatic carbocycles. The molecule has 0 saturated heterocycles. The molecule has 1 aromatic heterocycles. The Bertz CT molecular complexity index is 739. The predicted molar refractivity (Wildman–Crippen MR) is 95.8 cm³/mol. The Morgan fingerprint density at radius 2 is 1.77 bits per heavy atom. The lowest BCUT2D eigenvalue weighted by atomic mass is 10.2. The standard InChI is InChI=1S/C19H24FN3O3/c1-4-23(5-2)19(25)13-22(3)18(24)11-10-17-21-12-16(26-17)14-6-8-15(20)9-7-14/h6-9,12H,4-5,10-11,13H2,1-3H3. The zero-order chi connectivity index (χ0) is 19.1. The fraction of sp³-hybridized carbons (Fsp3) is 0.421. The number of benzene rings is 1. The van der Waals surface area contributed by atoms with Crippen LogP contribution in [-0.2, 0) is 16.0 Å². The summed E-state index contributed by atoms with van der Waals surface area (Å²) in [4.78, 5) is 31.5. The topological polar surface area (TPSA) is 66.7 Å². The van der Waals surface area contributed by atoms with E-state index in [-0.39, 0.29) is 30.6 Å². The van der Waals surface area contributed by atoms with Gasteiger partial charge >= 0.3 is 0 Å². The van der Waals surface area contributed by atoms with Gasteiger partial charge in [-0.3, -0.25) is 9.59 Å². The van der Waals surface area contributed by atoms with E-state index in [1.54, 1.807) is 30.3 Å². The highest BCUT2D eigenvalue weighted by atomic mass is 19.1. The smallest absolute Gasteiger partial charge is 0.242 e. The molecule has 0 bridgehead atoms. The lowest BCUT2D eigenvalue weighted by Crippen LogP contribution is -2.41. The first-order chi connectivity index (χ1) is 12.4. The van der Waals surface area contributed by atoms with Crippen LogP contribution < -0.4 is 0 Å². The Labute approximate surface area is 152 Å². The third-order valence-electron chi connectivity index (χ3n) is 4.15. The Hall–Kier alpha value is -2.70. The van der Waals surface area contributed by atoms with Crippen molar-refractivity contribution in [3.63, 3.8) is 0 Å². The van der Waals surface area contributed by atoms with Crippen molar-refractivity contribution < 1.29 is 18.4 Å². The number of amides is 2. The number of halogens is 1. The van der Waals surface area contributed by atoms with Gasteiger partial charge in [-0.15, -0.1) is 0 Å². The van der Waals surface area contributed by atoms with E-state index in [9.17, 15) is 14.0 Å². The minimum absolute atomic E-state index is 0.0624. The average molecular weight is 361 g/mol. The van der Waals surface area contributed by atoms with Gasteiger partial charge in [-0.25, -0.2) is 9.37 Å². The number of hydrogen-bond acceptors (Lipinski definition) is 4. The number of hydrogen-bond donors (Lipinski definition) is 0. The number of nitrogens with zero attached hydrogens (tertiary/aromatic N) is 3. The SMILES string of the molecule is CCN(CC)C(=O)CN(C)C(=O)CCc1ncc(-c2ccc(F)cc2)o1. The quantitative estimate of drug-likeness (QED) is 0.725. The summed E-state index contributed by atoms with van der Waals surface area (Å²) < 4.78 is 18.6. The van der Waals surface area contributed by atoms with Crippen LogP contribution in [0.15, 0.2) is 34.9 Å². The van der Waals surface area contributed by atoms with Gasteiger partial charge in [-0.1, -0.05) is 0 Å². The number of aromatic nitrogens is 1. The summed E-state index contributed by atoms with van der Waals surface area (Å²) in [6.07, 6.45) is 2.09. The van der Waals surface area contributed by atoms with Crippen molar-refractivity contribution in [1.29, 1.82) is 0 Å². The van der Waals surface area contributed by atoms with E-state index >= 15 is 0 Å². The Morgan fingerprint density at radius 1 is 1.12 bits per heavy atom. The molecule has 140 valence electrons. The van der Waals surface area contributed by atoms with E-state index in [0.29, 0.717) is 31.2 Å². The van der Waals surface area contributed by atoms with Crippen LogP contribution in [0.5, 0.6) is 0 Å². The number of likely N-dealkylation sites (N-methyl/N-ethyl adjacent to an activating group) is 2. The summed E-state index contributed by atoms with van der Waals surface area (Å²) in [5.41, 5.74) is 0.721. The van der Waals surface area contributed by atoms with Crippen molar-refractivity contribution in [2.24, 2.45) is 0 Å². The van der Waals surface area contributed by atoms with Crippen LogP contribution in [0.1, 0.15) is 26.2 Å². The van der Waals surface area contributed by atoms with Crippen LogP contribution in [0.25, 0.3) is 11.3 Å². The molecule has 6 nitrogen and oxygen atoms in total. The van der Waals surface area contributed by atoms with E-state index in [1.165, 1.54) is 17.0 Å². The normalized spacial score (nSPS) is 10.6. The maximum Gasteiger partial charge on any atom is 0.242 e. The maximum atomic E-state index is 13.0. The van der Waals surface area contributed by atoms with E-state index in [1.807, 2.05) is 13.8 Å². The first kappa shape index (κ1) is 19.6. The molecular weight excluding hydrogens is 337 g/mol. The summed E-state index contributed by atoms with van der Waals surface area (Å²) in [6.45, 7) is 5.13. The molecule has 7 heteroatoms. The van der Waals surface area contributed by atoms with Crippen LogP contribution in [0.3, 0.4) is 0 Å². The lowest BCUT2D eigenvalue weighted by Gasteiger charge is -2.23. The summed E-state index contributed by atoms with van der Waals surface area (Å²) in [5, 5.41) is 0. The molecule has 0 unspecified atom stereocenters. The predicted octanol–water partition coefficient (Wildman–Crippen LogP) is 2.74. The molecule has 0 fully saturated rings. The average Bonchev–Trinajstić information content (AvgIpc) is 3.10. The monoisotopic (exact) mass is 361 g/mol. The number of carbonyl (C=O) groups excluding carboxylic acids is 2. The van der Waals surface area contributed by atoms with Crippen LogP contribution in [-0.4, -0.2) is 53.3 Å². The minimum atomic E-state index is -0.318. The molecule has 0 radical (unpaired) electrons. The van der Waals surface area contributed by atoms with E-state index in [0.717, 1.165) is 5.56 Å². The van der Waals surface area contributed by atoms with Gasteiger partial charge in [-0.05, 0) is 38.1 Å². The maximum absolute atomic E-state index is 13.0. The van der Waals surface area contributed by atoms with Crippen LogP contribution in [0.4, 0.5) is 4.39 Å². The zero-order valence-corrected chi connectivity index (χ0v) is 15.4. The first-order valence-electron chi connectivity index (χ1n) is 8.67. The number of oxazole rings is 1. The molecule has 0 N–H and O–H groups in total. The van der Waals surface area contributed by atoms with Crippen molar-refractivity contribution in [2.75, 3.05) is 26.7 Å². The van der Waals surface area contributed by atoms with Gasteiger partial charge in [0, 0.05) is 38.5 Å². The molecule has 2 amide bonds. The second-order valence-electron chi connectivity index (χ2n) is 5.94. The first-order valence-corrected chi connectivity index (χ1v) is 8.67. The van der Waals surface area contributed by atoms with Gasteiger partial charge in [0.15, 0.2) is 11.7 Å². The highest BCUT2D eigenvalue weighted by molar-refractivity contribution is 5.84. The van der Waals surface area contributed by atoms with Gasteiger partial charge in [-0.2, -0.15) is 0 Å². The number of aryl methyl sites for hydroxylation is 1. The third-order valence-corrected chi connectivity index (χ3v) is 4.15. The molecule has 0 spiro atoms. The highest BCUT2D eigenvalue weighted by Gasteiger charge is 2.17. The highest BCUT2D eigenvalue weighted by Crippen LogP contribution is 2.21. The zero-order valence-electron chi connectivity index (χ0n) is 15.4. The second kappa shape index (κ2) is 9.12. The molecule has 0 aliphatic rings. The van der Waals surface area contributed by atoms with Crippen LogP contribution in [0, 0.1) is 5.82 Å². The molecule has 26 heavy (non-hydrogen) atoms. The van der Waals surface area contributed by atoms with Crippen molar-refractivity contribution in [1.82, 2.24) is 14.8 Å². The molecule has 0 atom stereocenters. The Kier molecular flexibility index (Phi) is 6.89. The summed E-state index contributed by atoms with van der Waals surface area (Å²) in [5.74, 6) is 0.424. The van der Waals surface area contributed by atoms with Crippen molar-refractivity contribution in [2.45, 2.75) is 26.7 Å². The van der Waals surface area contributed by atoms with Gasteiger partial charge in [0.05, 0.1) is 12.7 Å². The van der Waals surface area contributed by atoms with Crippen LogP contribution in [0.2, 0.25) is 0 Å². The molecule has 0 aliphatic carbocycles. The lowest BCUT2D eigenvalue weighted by molar-refractivity contribution is -0.139. The van der Waals surface area contributed by atoms with Gasteiger partial charge in [0.1, 0.15) is 5.82 Å². The van der Waals surface area contributed by atoms with Crippen molar-refractivity contribution in [3.8, 4) is 11.3 Å². The molecule has 0 aliphatic heterocycles. The number of carbonyl (C=O) groups is 2. The third kappa shape index (κ3) is 5.15. The largest absolute Gasteiger partial charge is 0.441 e. The van der Waals surface area contributed by atoms with Crippen molar-refractivity contribution >= 4 is 11.8 Å². The molecular formula is C19H24FN3O3. The molecule has 1 heterocycles. The summed E-state index contributed by atoms with van der Waals surface area (Å²) in [6, 6.07) is 5.92. The van der Waals surface area contributed by atoms with Gasteiger partial charge in [0.2, 0.25) is 11.8 Å². The Morgan fingerprint density at radius 3 is 2.38 bits per heavy atom. The number of rotatable bonds is 8. The van der Waals surface area contributed by atoms with Gasteiger partial charge < -0.3 is 14.2 Å². The van der Waals surface area contributed by atoms with Crippen molar-refractivity contribution in [3.05, 3.63) is 42.2 Å². The fourth-order valence-corrected chi connectivity index (χ4v) is 2.55. The van der Waals surface area contributed by atoms with E-state index < -0.39 is 0 Å². The van der Waals surface area contributed by atoms with Crippen LogP contribution >= 0.6 is 0 Å². The van der Waals surface area contributed by atoms with E-state index in [2.05, 4.69) is 4.98 Å². The summed E-state index contributed by atoms with van der Waals surface area (Å²) >= 11 is 0. The molecule has 0 saturated carbocycles. The second-order valence-corrected chi connectivity index (χ2v) is 5.94. The minimum Gasteiger partial charge on any atom is -0.441 e. The fourth-order valence-electron chi connectivity index (χ4n) is 2.55.